The molecule has 2 heterocycles. The lowest BCUT2D eigenvalue weighted by Gasteiger charge is -2.40. The second-order valence-corrected chi connectivity index (χ2v) is 7.35. The number of amidine groups is 1. The van der Waals surface area contributed by atoms with Crippen LogP contribution in [0.2, 0.25) is 0 Å². The summed E-state index contributed by atoms with van der Waals surface area (Å²) in [7, 11) is 0. The first kappa shape index (κ1) is 17.2. The van der Waals surface area contributed by atoms with Crippen LogP contribution in [0.1, 0.15) is 17.0 Å². The van der Waals surface area contributed by atoms with E-state index in [2.05, 4.69) is 4.99 Å². The van der Waals surface area contributed by atoms with Crippen LogP contribution >= 0.6 is 11.8 Å². The molecule has 0 bridgehead atoms. The molecule has 134 valence electrons. The molecule has 4 rings (SSSR count). The van der Waals surface area contributed by atoms with Gasteiger partial charge in [0.2, 0.25) is 0 Å². The summed E-state index contributed by atoms with van der Waals surface area (Å²) in [6, 6.07) is 12.2. The number of hydrogen-bond acceptors (Lipinski definition) is 4. The Hall–Kier alpha value is -2.18. The first-order chi connectivity index (χ1) is 12.6. The molecule has 1 fully saturated rings. The van der Waals surface area contributed by atoms with Crippen LogP contribution in [-0.4, -0.2) is 39.7 Å². The summed E-state index contributed by atoms with van der Waals surface area (Å²) >= 11 is 1.51. The second-order valence-electron chi connectivity index (χ2n) is 6.41. The van der Waals surface area contributed by atoms with Gasteiger partial charge in [0.1, 0.15) is 11.6 Å². The summed E-state index contributed by atoms with van der Waals surface area (Å²) < 4.78 is 26.9. The fourth-order valence-corrected chi connectivity index (χ4v) is 4.74. The maximum Gasteiger partial charge on any atom is 0.162 e. The molecule has 0 radical (unpaired) electrons. The van der Waals surface area contributed by atoms with Gasteiger partial charge >= 0.3 is 0 Å². The van der Waals surface area contributed by atoms with Crippen molar-refractivity contribution in [2.24, 2.45) is 4.99 Å². The van der Waals surface area contributed by atoms with Crippen LogP contribution < -0.4 is 0 Å². The van der Waals surface area contributed by atoms with Gasteiger partial charge in [-0.1, -0.05) is 48.2 Å². The van der Waals surface area contributed by atoms with Crippen LogP contribution in [0.3, 0.4) is 0 Å². The van der Waals surface area contributed by atoms with Crippen molar-refractivity contribution in [2.75, 3.05) is 18.8 Å². The van der Waals surface area contributed by atoms with Crippen molar-refractivity contribution in [3.63, 3.8) is 0 Å². The number of aliphatic imine (C=N–C) groups is 1. The van der Waals surface area contributed by atoms with Crippen molar-refractivity contribution in [3.05, 3.63) is 83.4 Å². The van der Waals surface area contributed by atoms with Crippen molar-refractivity contribution in [2.45, 2.75) is 11.6 Å². The molecule has 1 N–H and O–H groups in total. The highest BCUT2D eigenvalue weighted by Gasteiger charge is 2.50. The standard InChI is InChI=1S/C20H18F2N2OS/c21-16-7-3-14(4-8-16)18(15-5-9-17(22)10-6-15)20(25)13-26-19-23-11-1-2-12-24(19)20/h1-10,18,25H,11-13H2. The SMILES string of the molecule is OC1(C(c2ccc(F)cc2)c2ccc(F)cc2)CSC2=NCC=CCN21. The van der Waals surface area contributed by atoms with Gasteiger partial charge in [0.15, 0.2) is 10.9 Å². The zero-order valence-electron chi connectivity index (χ0n) is 14.0. The van der Waals surface area contributed by atoms with E-state index in [0.717, 1.165) is 16.3 Å². The molecular formula is C20H18F2N2OS. The van der Waals surface area contributed by atoms with E-state index in [9.17, 15) is 13.9 Å². The summed E-state index contributed by atoms with van der Waals surface area (Å²) in [4.78, 5) is 6.40. The van der Waals surface area contributed by atoms with E-state index >= 15 is 0 Å². The number of rotatable bonds is 3. The molecular weight excluding hydrogens is 354 g/mol. The molecule has 0 aromatic heterocycles. The van der Waals surface area contributed by atoms with E-state index in [-0.39, 0.29) is 11.6 Å². The Morgan fingerprint density at radius 1 is 0.962 bits per heavy atom. The van der Waals surface area contributed by atoms with Crippen molar-refractivity contribution in [3.8, 4) is 0 Å². The molecule has 0 amide bonds. The molecule has 1 unspecified atom stereocenters. The van der Waals surface area contributed by atoms with Crippen molar-refractivity contribution < 1.29 is 13.9 Å². The minimum atomic E-state index is -1.24. The van der Waals surface area contributed by atoms with Gasteiger partial charge < -0.3 is 10.0 Å². The molecule has 6 heteroatoms. The van der Waals surface area contributed by atoms with Gasteiger partial charge in [0.25, 0.3) is 0 Å². The summed E-state index contributed by atoms with van der Waals surface area (Å²) in [5.74, 6) is -0.701. The summed E-state index contributed by atoms with van der Waals surface area (Å²) in [6.07, 6.45) is 3.96. The van der Waals surface area contributed by atoms with Gasteiger partial charge in [0.05, 0.1) is 18.2 Å². The smallest absolute Gasteiger partial charge is 0.162 e. The normalized spacial score (nSPS) is 22.3. The molecule has 2 aromatic rings. The van der Waals surface area contributed by atoms with Gasteiger partial charge in [-0.2, -0.15) is 0 Å². The molecule has 1 saturated heterocycles. The lowest BCUT2D eigenvalue weighted by molar-refractivity contribution is -0.0503. The third-order valence-electron chi connectivity index (χ3n) is 4.77. The first-order valence-corrected chi connectivity index (χ1v) is 9.40. The molecule has 26 heavy (non-hydrogen) atoms. The average molecular weight is 372 g/mol. The monoisotopic (exact) mass is 372 g/mol. The van der Waals surface area contributed by atoms with Gasteiger partial charge in [-0.25, -0.2) is 8.78 Å². The van der Waals surface area contributed by atoms with Crippen LogP contribution in [0.4, 0.5) is 8.78 Å². The molecule has 3 nitrogen and oxygen atoms in total. The van der Waals surface area contributed by atoms with E-state index in [1.165, 1.54) is 36.0 Å². The van der Waals surface area contributed by atoms with Crippen LogP contribution in [0, 0.1) is 11.6 Å². The third-order valence-corrected chi connectivity index (χ3v) is 5.94. The Labute approximate surface area is 155 Å². The molecule has 1 atom stereocenters. The van der Waals surface area contributed by atoms with Crippen molar-refractivity contribution in [1.82, 2.24) is 4.90 Å². The summed E-state index contributed by atoms with van der Waals surface area (Å²) in [5, 5.41) is 12.5. The summed E-state index contributed by atoms with van der Waals surface area (Å²) in [6.45, 7) is 1.13. The minimum absolute atomic E-state index is 0.334. The van der Waals surface area contributed by atoms with Crippen molar-refractivity contribution >= 4 is 16.9 Å². The van der Waals surface area contributed by atoms with Crippen LogP contribution in [0.15, 0.2) is 65.7 Å². The largest absolute Gasteiger partial charge is 0.369 e. The quantitative estimate of drug-likeness (QED) is 0.834. The number of fused-ring (bicyclic) bond motifs is 1. The van der Waals surface area contributed by atoms with E-state index < -0.39 is 11.6 Å². The zero-order chi connectivity index (χ0) is 18.1. The number of benzene rings is 2. The third kappa shape index (κ3) is 3.04. The number of halogens is 2. The second kappa shape index (κ2) is 6.85. The van der Waals surface area contributed by atoms with Crippen LogP contribution in [0.25, 0.3) is 0 Å². The van der Waals surface area contributed by atoms with Gasteiger partial charge in [-0.05, 0) is 35.4 Å². The molecule has 2 aromatic carbocycles. The highest BCUT2D eigenvalue weighted by Crippen LogP contribution is 2.45. The maximum absolute atomic E-state index is 13.4. The van der Waals surface area contributed by atoms with Crippen molar-refractivity contribution in [1.29, 1.82) is 0 Å². The van der Waals surface area contributed by atoms with Crippen LogP contribution in [-0.2, 0) is 0 Å². The van der Waals surface area contributed by atoms with Gasteiger partial charge in [-0.15, -0.1) is 0 Å². The average Bonchev–Trinajstić information content (AvgIpc) is 2.82. The Bertz CT molecular complexity index is 806. The zero-order valence-corrected chi connectivity index (χ0v) is 14.8. The number of aliphatic hydroxyl groups is 1. The van der Waals surface area contributed by atoms with E-state index in [1.807, 2.05) is 17.1 Å². The maximum atomic E-state index is 13.4. The Balaban J connectivity index is 1.83. The minimum Gasteiger partial charge on any atom is -0.369 e. The highest BCUT2D eigenvalue weighted by molar-refractivity contribution is 8.14. The molecule has 2 aliphatic heterocycles. The van der Waals surface area contributed by atoms with Crippen LogP contribution in [0.5, 0.6) is 0 Å². The first-order valence-electron chi connectivity index (χ1n) is 8.41. The molecule has 0 saturated carbocycles. The van der Waals surface area contributed by atoms with E-state index in [4.69, 9.17) is 0 Å². The number of nitrogens with zero attached hydrogens (tertiary/aromatic N) is 2. The predicted octanol–water partition coefficient (Wildman–Crippen LogP) is 3.76. The lowest BCUT2D eigenvalue weighted by atomic mass is 9.82. The lowest BCUT2D eigenvalue weighted by Crippen LogP contribution is -2.52. The Kier molecular flexibility index (Phi) is 4.54. The number of hydrogen-bond donors (Lipinski definition) is 1. The Morgan fingerprint density at radius 2 is 1.54 bits per heavy atom. The Morgan fingerprint density at radius 3 is 2.12 bits per heavy atom. The molecule has 0 spiro atoms. The topological polar surface area (TPSA) is 35.8 Å². The van der Waals surface area contributed by atoms with Gasteiger partial charge in [0, 0.05) is 6.54 Å². The molecule has 0 aliphatic carbocycles. The predicted molar refractivity (Wildman–Crippen MR) is 100 cm³/mol. The molecule has 2 aliphatic rings. The fraction of sp³-hybridized carbons (Fsp3) is 0.250. The number of thioether (sulfide) groups is 1. The van der Waals surface area contributed by atoms with E-state index in [0.29, 0.717) is 18.8 Å². The van der Waals surface area contributed by atoms with Gasteiger partial charge in [-0.3, -0.25) is 4.99 Å². The summed E-state index contributed by atoms with van der Waals surface area (Å²) in [5.41, 5.74) is 0.305. The highest BCUT2D eigenvalue weighted by atomic mass is 32.2. The van der Waals surface area contributed by atoms with E-state index in [1.54, 1.807) is 24.3 Å². The fourth-order valence-electron chi connectivity index (χ4n) is 3.52.